The zero-order chi connectivity index (χ0) is 16.3. The van der Waals surface area contributed by atoms with Crippen molar-refractivity contribution in [3.63, 3.8) is 0 Å². The molecule has 22 heavy (non-hydrogen) atoms. The molecule has 2 aromatic carbocycles. The second-order valence-corrected chi connectivity index (χ2v) is 6.43. The van der Waals surface area contributed by atoms with Gasteiger partial charge in [-0.3, -0.25) is 0 Å². The van der Waals surface area contributed by atoms with Crippen molar-refractivity contribution in [1.82, 2.24) is 0 Å². The number of nitrogen functional groups attached to an aromatic ring is 1. The number of hydrogen-bond donors (Lipinski definition) is 3. The summed E-state index contributed by atoms with van der Waals surface area (Å²) in [5, 5.41) is 7.37. The molecule has 0 aromatic heterocycles. The first-order valence-corrected chi connectivity index (χ1v) is 7.95. The maximum Gasteiger partial charge on any atom is 0.175 e. The smallest absolute Gasteiger partial charge is 0.175 e. The number of thiocarbonyl (C=S) groups is 1. The summed E-state index contributed by atoms with van der Waals surface area (Å²) in [6.07, 6.45) is 0. The van der Waals surface area contributed by atoms with Crippen LogP contribution in [0.1, 0.15) is 25.3 Å². The van der Waals surface area contributed by atoms with Gasteiger partial charge in [-0.2, -0.15) is 0 Å². The third kappa shape index (κ3) is 4.26. The fraction of sp³-hybridized carbons (Fsp3) is 0.188. The van der Waals surface area contributed by atoms with Gasteiger partial charge in [0.25, 0.3) is 0 Å². The van der Waals surface area contributed by atoms with E-state index in [4.69, 9.17) is 41.2 Å². The molecule has 0 unspecified atom stereocenters. The van der Waals surface area contributed by atoms with Crippen LogP contribution in [0.5, 0.6) is 0 Å². The monoisotopic (exact) mass is 353 g/mol. The lowest BCUT2D eigenvalue weighted by atomic mass is 10.0. The van der Waals surface area contributed by atoms with Gasteiger partial charge in [-0.05, 0) is 48.0 Å². The summed E-state index contributed by atoms with van der Waals surface area (Å²) in [7, 11) is 0. The van der Waals surface area contributed by atoms with Crippen LogP contribution in [0.4, 0.5) is 17.1 Å². The van der Waals surface area contributed by atoms with Crippen LogP contribution < -0.4 is 16.4 Å². The average Bonchev–Trinajstić information content (AvgIpc) is 2.45. The molecule has 2 rings (SSSR count). The summed E-state index contributed by atoms with van der Waals surface area (Å²) in [6, 6.07) is 11.5. The molecule has 0 spiro atoms. The van der Waals surface area contributed by atoms with Crippen molar-refractivity contribution in [2.24, 2.45) is 0 Å². The molecule has 6 heteroatoms. The number of nitrogens with two attached hydrogens (primary N) is 1. The molecule has 2 aromatic rings. The molecule has 0 fully saturated rings. The molecule has 3 nitrogen and oxygen atoms in total. The Bertz CT molecular complexity index is 661. The van der Waals surface area contributed by atoms with Crippen molar-refractivity contribution in [1.29, 1.82) is 0 Å². The number of rotatable bonds is 3. The maximum atomic E-state index is 6.00. The van der Waals surface area contributed by atoms with Gasteiger partial charge in [0.1, 0.15) is 0 Å². The Hall–Kier alpha value is -1.49. The second kappa shape index (κ2) is 7.18. The van der Waals surface area contributed by atoms with Gasteiger partial charge in [0, 0.05) is 11.4 Å². The molecule has 0 aliphatic heterocycles. The van der Waals surface area contributed by atoms with Crippen molar-refractivity contribution in [2.75, 3.05) is 16.4 Å². The van der Waals surface area contributed by atoms with E-state index in [2.05, 4.69) is 36.6 Å². The number of nitrogens with one attached hydrogen (secondary N) is 2. The summed E-state index contributed by atoms with van der Waals surface area (Å²) in [5.41, 5.74) is 8.93. The van der Waals surface area contributed by atoms with Crippen molar-refractivity contribution < 1.29 is 0 Å². The van der Waals surface area contributed by atoms with E-state index in [1.165, 1.54) is 5.56 Å². The van der Waals surface area contributed by atoms with Gasteiger partial charge in [0.15, 0.2) is 5.11 Å². The average molecular weight is 354 g/mol. The van der Waals surface area contributed by atoms with Crippen LogP contribution in [0.3, 0.4) is 0 Å². The van der Waals surface area contributed by atoms with E-state index in [0.29, 0.717) is 32.5 Å². The fourth-order valence-corrected chi connectivity index (χ4v) is 2.62. The number of halogens is 2. The van der Waals surface area contributed by atoms with Crippen molar-refractivity contribution >= 4 is 57.6 Å². The largest absolute Gasteiger partial charge is 0.396 e. The van der Waals surface area contributed by atoms with E-state index in [1.54, 1.807) is 12.1 Å². The Morgan fingerprint density at radius 2 is 1.50 bits per heavy atom. The predicted octanol–water partition coefficient (Wildman–Crippen LogP) is 5.51. The normalized spacial score (nSPS) is 10.6. The van der Waals surface area contributed by atoms with Crippen LogP contribution in [0.25, 0.3) is 0 Å². The Labute approximate surface area is 145 Å². The first-order valence-electron chi connectivity index (χ1n) is 6.79. The highest BCUT2D eigenvalue weighted by Gasteiger charge is 2.06. The van der Waals surface area contributed by atoms with E-state index in [1.807, 2.05) is 12.1 Å². The van der Waals surface area contributed by atoms with Crippen molar-refractivity contribution in [3.05, 3.63) is 52.0 Å². The van der Waals surface area contributed by atoms with Crippen LogP contribution in [-0.4, -0.2) is 5.11 Å². The molecule has 0 aliphatic carbocycles. The summed E-state index contributed by atoms with van der Waals surface area (Å²) < 4.78 is 0. The first kappa shape index (κ1) is 16.9. The molecule has 0 radical (unpaired) electrons. The van der Waals surface area contributed by atoms with Gasteiger partial charge in [0.05, 0.1) is 15.7 Å². The van der Waals surface area contributed by atoms with Crippen molar-refractivity contribution in [3.8, 4) is 0 Å². The highest BCUT2D eigenvalue weighted by Crippen LogP contribution is 2.31. The molecule has 0 atom stereocenters. The minimum absolute atomic E-state index is 0.358. The van der Waals surface area contributed by atoms with Gasteiger partial charge >= 0.3 is 0 Å². The van der Waals surface area contributed by atoms with Gasteiger partial charge in [-0.25, -0.2) is 0 Å². The third-order valence-corrected chi connectivity index (χ3v) is 4.00. The third-order valence-electron chi connectivity index (χ3n) is 3.17. The number of benzene rings is 2. The van der Waals surface area contributed by atoms with Crippen LogP contribution in [0.2, 0.25) is 10.0 Å². The molecule has 0 bridgehead atoms. The van der Waals surface area contributed by atoms with Gasteiger partial charge < -0.3 is 16.4 Å². The molecule has 116 valence electrons. The molecular formula is C16H17Cl2N3S. The minimum Gasteiger partial charge on any atom is -0.396 e. The quantitative estimate of drug-likeness (QED) is 0.503. The molecular weight excluding hydrogens is 337 g/mol. The van der Waals surface area contributed by atoms with E-state index in [-0.39, 0.29) is 0 Å². The topological polar surface area (TPSA) is 50.1 Å². The maximum absolute atomic E-state index is 6.00. The van der Waals surface area contributed by atoms with Crippen LogP contribution in [0.15, 0.2) is 36.4 Å². The molecule has 4 N–H and O–H groups in total. The Kier molecular flexibility index (Phi) is 5.51. The highest BCUT2D eigenvalue weighted by atomic mass is 35.5. The van der Waals surface area contributed by atoms with Gasteiger partial charge in [0.2, 0.25) is 0 Å². The van der Waals surface area contributed by atoms with E-state index in [9.17, 15) is 0 Å². The summed E-state index contributed by atoms with van der Waals surface area (Å²) in [4.78, 5) is 0. The Balaban J connectivity index is 2.04. The van der Waals surface area contributed by atoms with E-state index in [0.717, 1.165) is 5.69 Å². The fourth-order valence-electron chi connectivity index (χ4n) is 1.90. The number of hydrogen-bond acceptors (Lipinski definition) is 2. The van der Waals surface area contributed by atoms with Gasteiger partial charge in [-0.1, -0.05) is 49.2 Å². The SMILES string of the molecule is CC(C)c1ccc(NC(=S)Nc2cc(Cl)c(N)c(Cl)c2)cc1. The lowest BCUT2D eigenvalue weighted by Crippen LogP contribution is -2.19. The standard InChI is InChI=1S/C16H17Cl2N3S/c1-9(2)10-3-5-11(6-4-10)20-16(22)21-12-7-13(17)15(19)14(18)8-12/h3-9H,19H2,1-2H3,(H2,20,21,22). The van der Waals surface area contributed by atoms with Gasteiger partial charge in [-0.15, -0.1) is 0 Å². The molecule has 0 amide bonds. The first-order chi connectivity index (χ1) is 10.4. The summed E-state index contributed by atoms with van der Waals surface area (Å²) >= 11 is 17.3. The summed E-state index contributed by atoms with van der Waals surface area (Å²) in [5.74, 6) is 0.498. The Morgan fingerprint density at radius 3 is 2.00 bits per heavy atom. The second-order valence-electron chi connectivity index (χ2n) is 5.21. The van der Waals surface area contributed by atoms with Crippen LogP contribution in [-0.2, 0) is 0 Å². The van der Waals surface area contributed by atoms with Crippen LogP contribution in [0, 0.1) is 0 Å². The lowest BCUT2D eigenvalue weighted by Gasteiger charge is -2.13. The molecule has 0 heterocycles. The van der Waals surface area contributed by atoms with E-state index < -0.39 is 0 Å². The highest BCUT2D eigenvalue weighted by molar-refractivity contribution is 7.80. The van der Waals surface area contributed by atoms with Crippen LogP contribution >= 0.6 is 35.4 Å². The van der Waals surface area contributed by atoms with Crippen molar-refractivity contribution in [2.45, 2.75) is 19.8 Å². The summed E-state index contributed by atoms with van der Waals surface area (Å²) in [6.45, 7) is 4.31. The minimum atomic E-state index is 0.358. The predicted molar refractivity (Wildman–Crippen MR) is 101 cm³/mol. The zero-order valence-electron chi connectivity index (χ0n) is 12.3. The van der Waals surface area contributed by atoms with E-state index >= 15 is 0 Å². The molecule has 0 saturated carbocycles. The molecule has 0 saturated heterocycles. The lowest BCUT2D eigenvalue weighted by molar-refractivity contribution is 0.867. The zero-order valence-corrected chi connectivity index (χ0v) is 14.6. The number of anilines is 3. The molecule has 0 aliphatic rings. The Morgan fingerprint density at radius 1 is 1.00 bits per heavy atom.